The lowest BCUT2D eigenvalue weighted by Gasteiger charge is -2.16. The van der Waals surface area contributed by atoms with Gasteiger partial charge in [-0.1, -0.05) is 32.6 Å². The molecule has 0 aliphatic carbocycles. The van der Waals surface area contributed by atoms with E-state index in [2.05, 4.69) is 23.1 Å². The number of furan rings is 1. The summed E-state index contributed by atoms with van der Waals surface area (Å²) in [6, 6.07) is 10.3. The zero-order valence-corrected chi connectivity index (χ0v) is 20.7. The minimum atomic E-state index is -0.525. The number of rotatable bonds is 11. The third-order valence-corrected chi connectivity index (χ3v) is 5.88. The zero-order chi connectivity index (χ0) is 25.0. The molecule has 1 unspecified atom stereocenters. The second kappa shape index (κ2) is 13.5. The summed E-state index contributed by atoms with van der Waals surface area (Å²) in [5.41, 5.74) is 5.39. The van der Waals surface area contributed by atoms with E-state index in [0.29, 0.717) is 30.2 Å². The van der Waals surface area contributed by atoms with Gasteiger partial charge in [-0.25, -0.2) is 0 Å². The Bertz CT molecular complexity index is 994. The van der Waals surface area contributed by atoms with E-state index in [9.17, 15) is 14.4 Å². The first-order chi connectivity index (χ1) is 17.0. The Hall–Kier alpha value is -3.40. The molecule has 1 aliphatic rings. The Morgan fingerprint density at radius 1 is 1.11 bits per heavy atom. The number of hydrogen-bond donors (Lipinski definition) is 3. The average molecular weight is 501 g/mol. The summed E-state index contributed by atoms with van der Waals surface area (Å²) in [5, 5.41) is 2.47. The molecule has 3 N–H and O–H groups in total. The molecule has 1 aliphatic heterocycles. The van der Waals surface area contributed by atoms with Gasteiger partial charge in [0.05, 0.1) is 25.3 Å². The fraction of sp³-hybridized carbons (Fsp3) is 0.440. The van der Waals surface area contributed by atoms with Crippen molar-refractivity contribution in [3.63, 3.8) is 0 Å². The minimum absolute atomic E-state index is 0.0486. The van der Waals surface area contributed by atoms with Gasteiger partial charge in [-0.3, -0.25) is 30.6 Å². The largest absolute Gasteiger partial charge is 0.494 e. The fourth-order valence-corrected chi connectivity index (χ4v) is 3.86. The molecule has 1 aromatic carbocycles. The molecule has 9 nitrogen and oxygen atoms in total. The normalized spacial score (nSPS) is 15.1. The molecule has 1 aromatic heterocycles. The number of nitrogens with one attached hydrogen (secondary N) is 3. The Morgan fingerprint density at radius 2 is 1.89 bits per heavy atom. The number of hydrazine groups is 1. The van der Waals surface area contributed by atoms with Crippen LogP contribution in [0.5, 0.6) is 5.75 Å². The van der Waals surface area contributed by atoms with Gasteiger partial charge >= 0.3 is 0 Å². The van der Waals surface area contributed by atoms with Gasteiger partial charge in [0.15, 0.2) is 5.11 Å². The number of benzene rings is 1. The molecule has 0 saturated carbocycles. The zero-order valence-electron chi connectivity index (χ0n) is 19.9. The highest BCUT2D eigenvalue weighted by Crippen LogP contribution is 2.20. The second-order valence-corrected chi connectivity index (χ2v) is 8.85. The lowest BCUT2D eigenvalue weighted by molar-refractivity contribution is -0.129. The maximum atomic E-state index is 12.4. The van der Waals surface area contributed by atoms with E-state index in [1.54, 1.807) is 41.3 Å². The van der Waals surface area contributed by atoms with E-state index in [4.69, 9.17) is 21.4 Å². The van der Waals surface area contributed by atoms with Crippen LogP contribution in [-0.2, 0) is 16.1 Å². The van der Waals surface area contributed by atoms with E-state index in [1.807, 2.05) is 0 Å². The first kappa shape index (κ1) is 26.2. The Labute approximate surface area is 210 Å². The molecule has 1 saturated heterocycles. The first-order valence-corrected chi connectivity index (χ1v) is 12.3. The van der Waals surface area contributed by atoms with Crippen molar-refractivity contribution in [1.29, 1.82) is 0 Å². The molecule has 1 atom stereocenters. The van der Waals surface area contributed by atoms with Crippen molar-refractivity contribution >= 4 is 35.1 Å². The van der Waals surface area contributed by atoms with Crippen molar-refractivity contribution in [3.05, 3.63) is 54.0 Å². The SMILES string of the molecule is CCCCCCCOc1ccc(C(=O)NC(=S)NNC(=O)C2CC(=O)N(Cc3ccco3)C2)cc1. The lowest BCUT2D eigenvalue weighted by Crippen LogP contribution is -2.50. The van der Waals surface area contributed by atoms with Crippen LogP contribution in [0.1, 0.15) is 61.6 Å². The van der Waals surface area contributed by atoms with Crippen molar-refractivity contribution < 1.29 is 23.5 Å². The molecule has 0 radical (unpaired) electrons. The highest BCUT2D eigenvalue weighted by Gasteiger charge is 2.34. The number of amides is 3. The number of nitrogens with zero attached hydrogens (tertiary/aromatic N) is 1. The second-order valence-electron chi connectivity index (χ2n) is 8.44. The predicted octanol–water partition coefficient (Wildman–Crippen LogP) is 3.31. The average Bonchev–Trinajstić information content (AvgIpc) is 3.50. The monoisotopic (exact) mass is 500 g/mol. The van der Waals surface area contributed by atoms with Gasteiger partial charge < -0.3 is 14.1 Å². The summed E-state index contributed by atoms with van der Waals surface area (Å²) in [6.07, 6.45) is 7.47. The Morgan fingerprint density at radius 3 is 2.60 bits per heavy atom. The van der Waals surface area contributed by atoms with Gasteiger partial charge in [0.25, 0.3) is 5.91 Å². The van der Waals surface area contributed by atoms with Gasteiger partial charge in [-0.15, -0.1) is 0 Å². The third kappa shape index (κ3) is 8.40. The van der Waals surface area contributed by atoms with Crippen LogP contribution in [0.3, 0.4) is 0 Å². The number of unbranched alkanes of at least 4 members (excludes halogenated alkanes) is 4. The molecule has 188 valence electrons. The van der Waals surface area contributed by atoms with Gasteiger partial charge in [0, 0.05) is 18.5 Å². The first-order valence-electron chi connectivity index (χ1n) is 11.9. The van der Waals surface area contributed by atoms with Crippen molar-refractivity contribution in [2.45, 2.75) is 52.0 Å². The van der Waals surface area contributed by atoms with Crippen LogP contribution in [-0.4, -0.2) is 40.9 Å². The Kier molecular flexibility index (Phi) is 10.1. The fourth-order valence-electron chi connectivity index (χ4n) is 3.72. The summed E-state index contributed by atoms with van der Waals surface area (Å²) >= 11 is 5.10. The molecule has 35 heavy (non-hydrogen) atoms. The van der Waals surface area contributed by atoms with Crippen LogP contribution < -0.4 is 20.9 Å². The van der Waals surface area contributed by atoms with Gasteiger partial charge in [-0.2, -0.15) is 0 Å². The van der Waals surface area contributed by atoms with Crippen molar-refractivity contribution in [2.24, 2.45) is 5.92 Å². The molecule has 2 aromatic rings. The number of hydrogen-bond acceptors (Lipinski definition) is 6. The van der Waals surface area contributed by atoms with Crippen LogP contribution in [0, 0.1) is 5.92 Å². The van der Waals surface area contributed by atoms with Crippen molar-refractivity contribution in [3.8, 4) is 5.75 Å². The van der Waals surface area contributed by atoms with E-state index < -0.39 is 11.8 Å². The topological polar surface area (TPSA) is 113 Å². The van der Waals surface area contributed by atoms with Crippen LogP contribution in [0.25, 0.3) is 0 Å². The lowest BCUT2D eigenvalue weighted by atomic mass is 10.1. The van der Waals surface area contributed by atoms with Gasteiger partial charge in [0.2, 0.25) is 11.8 Å². The summed E-state index contributed by atoms with van der Waals surface area (Å²) in [7, 11) is 0. The molecular formula is C25H32N4O5S. The van der Waals surface area contributed by atoms with E-state index in [1.165, 1.54) is 25.5 Å². The highest BCUT2D eigenvalue weighted by atomic mass is 32.1. The summed E-state index contributed by atoms with van der Waals surface area (Å²) in [5.74, 6) is -0.0822. The third-order valence-electron chi connectivity index (χ3n) is 5.67. The summed E-state index contributed by atoms with van der Waals surface area (Å²) in [6.45, 7) is 3.43. The number of carbonyl (C=O) groups is 3. The quantitative estimate of drug-likeness (QED) is 0.246. The van der Waals surface area contributed by atoms with Crippen LogP contribution >= 0.6 is 12.2 Å². The summed E-state index contributed by atoms with van der Waals surface area (Å²) in [4.78, 5) is 38.6. The van der Waals surface area contributed by atoms with Gasteiger partial charge in [0.1, 0.15) is 11.5 Å². The maximum Gasteiger partial charge on any atom is 0.257 e. The van der Waals surface area contributed by atoms with Crippen LogP contribution in [0.4, 0.5) is 0 Å². The maximum absolute atomic E-state index is 12.4. The van der Waals surface area contributed by atoms with E-state index in [0.717, 1.165) is 12.8 Å². The molecule has 10 heteroatoms. The van der Waals surface area contributed by atoms with Crippen molar-refractivity contribution in [1.82, 2.24) is 21.1 Å². The Balaban J connectivity index is 1.35. The van der Waals surface area contributed by atoms with E-state index >= 15 is 0 Å². The molecule has 2 heterocycles. The van der Waals surface area contributed by atoms with Crippen LogP contribution in [0.15, 0.2) is 47.1 Å². The highest BCUT2D eigenvalue weighted by molar-refractivity contribution is 7.80. The number of carbonyl (C=O) groups excluding carboxylic acids is 3. The molecular weight excluding hydrogens is 468 g/mol. The number of likely N-dealkylation sites (tertiary alicyclic amines) is 1. The minimum Gasteiger partial charge on any atom is -0.494 e. The molecule has 1 fully saturated rings. The van der Waals surface area contributed by atoms with Crippen molar-refractivity contribution in [2.75, 3.05) is 13.2 Å². The predicted molar refractivity (Wildman–Crippen MR) is 134 cm³/mol. The molecule has 0 spiro atoms. The number of thiocarbonyl (C=S) groups is 1. The van der Waals surface area contributed by atoms with E-state index in [-0.39, 0.29) is 29.9 Å². The molecule has 3 rings (SSSR count). The van der Waals surface area contributed by atoms with Gasteiger partial charge in [-0.05, 0) is 55.0 Å². The summed E-state index contributed by atoms with van der Waals surface area (Å²) < 4.78 is 11.0. The van der Waals surface area contributed by atoms with Crippen LogP contribution in [0.2, 0.25) is 0 Å². The molecule has 3 amide bonds. The number of ether oxygens (including phenoxy) is 1. The molecule has 0 bridgehead atoms. The standard InChI is InChI=1S/C25H32N4O5S/c1-2-3-4-5-6-13-33-20-11-9-18(10-12-20)23(31)26-25(35)28-27-24(32)19-15-22(30)29(16-19)17-21-8-7-14-34-21/h7-12,14,19H,2-6,13,15-17H2,1H3,(H,27,32)(H2,26,28,31,35). The smallest absolute Gasteiger partial charge is 0.257 e.